The van der Waals surface area contributed by atoms with Gasteiger partial charge in [-0.15, -0.1) is 0 Å². The van der Waals surface area contributed by atoms with Crippen molar-refractivity contribution in [3.05, 3.63) is 34.9 Å². The summed E-state index contributed by atoms with van der Waals surface area (Å²) in [5.41, 5.74) is 3.85. The van der Waals surface area contributed by atoms with Crippen molar-refractivity contribution in [1.82, 2.24) is 10.2 Å². The molecule has 1 amide bonds. The van der Waals surface area contributed by atoms with Crippen molar-refractivity contribution in [2.45, 2.75) is 26.8 Å². The number of benzene rings is 1. The Balaban J connectivity index is 1.69. The molecule has 4 heteroatoms. The molecule has 1 aromatic carbocycles. The number of ether oxygens (including phenoxy) is 1. The normalized spacial score (nSPS) is 15.4. The summed E-state index contributed by atoms with van der Waals surface area (Å²) >= 11 is 0. The van der Waals surface area contributed by atoms with Crippen LogP contribution < -0.4 is 5.32 Å². The van der Waals surface area contributed by atoms with E-state index in [2.05, 4.69) is 37.4 Å². The number of hydrogen-bond acceptors (Lipinski definition) is 3. The van der Waals surface area contributed by atoms with Gasteiger partial charge in [-0.25, -0.2) is 0 Å². The third-order valence-electron chi connectivity index (χ3n) is 3.49. The molecule has 1 aliphatic rings. The zero-order valence-corrected chi connectivity index (χ0v) is 12.4. The highest BCUT2D eigenvalue weighted by Gasteiger charge is 2.15. The molecule has 1 saturated heterocycles. The van der Waals surface area contributed by atoms with Crippen molar-refractivity contribution >= 4 is 5.91 Å². The summed E-state index contributed by atoms with van der Waals surface area (Å²) in [4.78, 5) is 13.8. The fraction of sp³-hybridized carbons (Fsp3) is 0.562. The van der Waals surface area contributed by atoms with Crippen molar-refractivity contribution < 1.29 is 9.53 Å². The zero-order valence-electron chi connectivity index (χ0n) is 12.4. The summed E-state index contributed by atoms with van der Waals surface area (Å²) < 4.78 is 5.25. The molecule has 0 aliphatic carbocycles. The highest BCUT2D eigenvalue weighted by molar-refractivity contribution is 5.76. The lowest BCUT2D eigenvalue weighted by molar-refractivity contribution is -0.135. The summed E-state index contributed by atoms with van der Waals surface area (Å²) in [6.45, 7) is 8.56. The maximum absolute atomic E-state index is 11.9. The minimum Gasteiger partial charge on any atom is -0.378 e. The van der Waals surface area contributed by atoms with E-state index in [0.29, 0.717) is 19.6 Å². The number of rotatable bonds is 5. The van der Waals surface area contributed by atoms with Gasteiger partial charge in [0.2, 0.25) is 5.91 Å². The van der Waals surface area contributed by atoms with Crippen LogP contribution in [0.15, 0.2) is 18.2 Å². The minimum atomic E-state index is 0.223. The van der Waals surface area contributed by atoms with Gasteiger partial charge in [0.1, 0.15) is 0 Å². The van der Waals surface area contributed by atoms with Crippen molar-refractivity contribution in [2.24, 2.45) is 0 Å². The number of amides is 1. The number of hydrogen-bond donors (Lipinski definition) is 1. The molecule has 20 heavy (non-hydrogen) atoms. The molecule has 4 nitrogen and oxygen atoms in total. The van der Waals surface area contributed by atoms with E-state index < -0.39 is 0 Å². The first kappa shape index (κ1) is 15.0. The lowest BCUT2D eigenvalue weighted by atomic mass is 10.1. The van der Waals surface area contributed by atoms with E-state index in [9.17, 15) is 4.79 Å². The number of morpholine rings is 1. The predicted octanol–water partition coefficient (Wildman–Crippen LogP) is 1.64. The molecule has 1 aromatic rings. The highest BCUT2D eigenvalue weighted by Crippen LogP contribution is 2.08. The Morgan fingerprint density at radius 1 is 1.20 bits per heavy atom. The van der Waals surface area contributed by atoms with Crippen molar-refractivity contribution in [2.75, 3.05) is 32.8 Å². The molecule has 110 valence electrons. The molecule has 0 bridgehead atoms. The summed E-state index contributed by atoms with van der Waals surface area (Å²) in [5, 5.41) is 3.35. The van der Waals surface area contributed by atoms with Gasteiger partial charge in [0.15, 0.2) is 0 Å². The smallest absolute Gasteiger partial charge is 0.224 e. The average molecular weight is 276 g/mol. The molecule has 0 radical (unpaired) electrons. The largest absolute Gasteiger partial charge is 0.378 e. The Morgan fingerprint density at radius 2 is 1.85 bits per heavy atom. The van der Waals surface area contributed by atoms with Crippen molar-refractivity contribution in [1.29, 1.82) is 0 Å². The van der Waals surface area contributed by atoms with Crippen LogP contribution in [0.1, 0.15) is 23.1 Å². The van der Waals surface area contributed by atoms with Crippen molar-refractivity contribution in [3.8, 4) is 0 Å². The molecule has 0 unspecified atom stereocenters. The number of carbonyl (C=O) groups excluding carboxylic acids is 1. The van der Waals surface area contributed by atoms with Crippen LogP contribution in [0.2, 0.25) is 0 Å². The minimum absolute atomic E-state index is 0.223. The Kier molecular flexibility index (Phi) is 5.56. The zero-order chi connectivity index (χ0) is 14.4. The monoisotopic (exact) mass is 276 g/mol. The van der Waals surface area contributed by atoms with E-state index in [4.69, 9.17) is 4.74 Å². The van der Waals surface area contributed by atoms with E-state index in [-0.39, 0.29) is 5.91 Å². The summed E-state index contributed by atoms with van der Waals surface area (Å²) in [5.74, 6) is 0.223. The van der Waals surface area contributed by atoms with Gasteiger partial charge < -0.3 is 15.0 Å². The van der Waals surface area contributed by atoms with Gasteiger partial charge >= 0.3 is 0 Å². The van der Waals surface area contributed by atoms with E-state index in [0.717, 1.165) is 26.2 Å². The SMILES string of the molecule is Cc1cc(C)cc(CNCCC(=O)N2CCOCC2)c1. The maximum Gasteiger partial charge on any atom is 0.224 e. The third-order valence-corrected chi connectivity index (χ3v) is 3.49. The van der Waals surface area contributed by atoms with Gasteiger partial charge in [-0.3, -0.25) is 4.79 Å². The standard InChI is InChI=1S/C16H24N2O2/c1-13-9-14(2)11-15(10-13)12-17-4-3-16(19)18-5-7-20-8-6-18/h9-11,17H,3-8,12H2,1-2H3. The van der Waals surface area contributed by atoms with Crippen LogP contribution in [0.4, 0.5) is 0 Å². The Morgan fingerprint density at radius 3 is 2.50 bits per heavy atom. The van der Waals surface area contributed by atoms with Crippen LogP contribution in [-0.4, -0.2) is 43.7 Å². The molecule has 1 heterocycles. The lowest BCUT2D eigenvalue weighted by Gasteiger charge is -2.26. The maximum atomic E-state index is 11.9. The Bertz CT molecular complexity index is 434. The van der Waals surface area contributed by atoms with Crippen LogP contribution in [0.5, 0.6) is 0 Å². The van der Waals surface area contributed by atoms with E-state index >= 15 is 0 Å². The lowest BCUT2D eigenvalue weighted by Crippen LogP contribution is -2.41. The fourth-order valence-corrected chi connectivity index (χ4v) is 2.57. The summed E-state index contributed by atoms with van der Waals surface area (Å²) in [6.07, 6.45) is 0.560. The van der Waals surface area contributed by atoms with E-state index in [1.165, 1.54) is 16.7 Å². The quantitative estimate of drug-likeness (QED) is 0.831. The first-order valence-corrected chi connectivity index (χ1v) is 7.28. The number of carbonyl (C=O) groups is 1. The number of nitrogens with one attached hydrogen (secondary N) is 1. The van der Waals surface area contributed by atoms with Gasteiger partial charge in [0, 0.05) is 32.6 Å². The van der Waals surface area contributed by atoms with Crippen LogP contribution in [0, 0.1) is 13.8 Å². The Hall–Kier alpha value is -1.39. The van der Waals surface area contributed by atoms with Crippen LogP contribution in [0.3, 0.4) is 0 Å². The predicted molar refractivity (Wildman–Crippen MR) is 79.6 cm³/mol. The van der Waals surface area contributed by atoms with E-state index in [1.54, 1.807) is 0 Å². The highest BCUT2D eigenvalue weighted by atomic mass is 16.5. The molecular formula is C16H24N2O2. The second-order valence-electron chi connectivity index (χ2n) is 5.42. The molecular weight excluding hydrogens is 252 g/mol. The molecule has 1 fully saturated rings. The van der Waals surface area contributed by atoms with Gasteiger partial charge in [0.25, 0.3) is 0 Å². The van der Waals surface area contributed by atoms with Crippen LogP contribution in [0.25, 0.3) is 0 Å². The molecule has 2 rings (SSSR count). The van der Waals surface area contributed by atoms with Crippen LogP contribution in [-0.2, 0) is 16.1 Å². The number of nitrogens with zero attached hydrogens (tertiary/aromatic N) is 1. The molecule has 0 spiro atoms. The number of aryl methyl sites for hydroxylation is 2. The van der Waals surface area contributed by atoms with Gasteiger partial charge in [-0.2, -0.15) is 0 Å². The average Bonchev–Trinajstić information content (AvgIpc) is 2.43. The van der Waals surface area contributed by atoms with E-state index in [1.807, 2.05) is 4.90 Å². The molecule has 1 N–H and O–H groups in total. The second-order valence-corrected chi connectivity index (χ2v) is 5.42. The topological polar surface area (TPSA) is 41.6 Å². The first-order chi connectivity index (χ1) is 9.65. The molecule has 0 aromatic heterocycles. The second kappa shape index (κ2) is 7.41. The molecule has 0 saturated carbocycles. The Labute approximate surface area is 121 Å². The summed E-state index contributed by atoms with van der Waals surface area (Å²) in [6, 6.07) is 6.54. The third kappa shape index (κ3) is 4.62. The molecule has 1 aliphatic heterocycles. The van der Waals surface area contributed by atoms with Gasteiger partial charge in [-0.1, -0.05) is 29.3 Å². The first-order valence-electron chi connectivity index (χ1n) is 7.28. The summed E-state index contributed by atoms with van der Waals surface area (Å²) in [7, 11) is 0. The van der Waals surface area contributed by atoms with Gasteiger partial charge in [-0.05, 0) is 19.4 Å². The molecule has 0 atom stereocenters. The van der Waals surface area contributed by atoms with Crippen molar-refractivity contribution in [3.63, 3.8) is 0 Å². The van der Waals surface area contributed by atoms with Crippen LogP contribution >= 0.6 is 0 Å². The fourth-order valence-electron chi connectivity index (χ4n) is 2.57. The van der Waals surface area contributed by atoms with Gasteiger partial charge in [0.05, 0.1) is 13.2 Å².